The van der Waals surface area contributed by atoms with Crippen molar-refractivity contribution < 1.29 is 0 Å². The summed E-state index contributed by atoms with van der Waals surface area (Å²) in [4.78, 5) is 7.48. The van der Waals surface area contributed by atoms with E-state index in [1.807, 2.05) is 0 Å². The molecular weight excluding hydrogens is 426 g/mol. The molecule has 4 heteroatoms. The third-order valence-electron chi connectivity index (χ3n) is 7.25. The quantitative estimate of drug-likeness (QED) is 0.325. The molecule has 2 aromatic carbocycles. The van der Waals surface area contributed by atoms with Crippen LogP contribution in [0, 0.1) is 0 Å². The topological polar surface area (TPSA) is 21.1 Å². The van der Waals surface area contributed by atoms with E-state index in [4.69, 9.17) is 16.6 Å². The number of benzene rings is 2. The summed E-state index contributed by atoms with van der Waals surface area (Å²) in [5, 5.41) is 0.657. The Hall–Kier alpha value is -2.10. The largest absolute Gasteiger partial charge is 0.325 e. The van der Waals surface area contributed by atoms with Crippen LogP contribution in [-0.4, -0.2) is 21.5 Å². The molecule has 1 aromatic heterocycles. The van der Waals surface area contributed by atoms with E-state index in [0.717, 1.165) is 50.3 Å². The summed E-state index contributed by atoms with van der Waals surface area (Å²) in [6.07, 6.45) is 7.89. The van der Waals surface area contributed by atoms with Crippen molar-refractivity contribution in [3.63, 3.8) is 0 Å². The number of hydrogen-bond donors (Lipinski definition) is 0. The molecule has 4 rings (SSSR count). The van der Waals surface area contributed by atoms with E-state index in [0.29, 0.717) is 11.2 Å². The number of unbranched alkanes of at least 4 members (excludes halogenated alkanes) is 1. The van der Waals surface area contributed by atoms with Gasteiger partial charge in [-0.25, -0.2) is 4.98 Å². The Balaban J connectivity index is 1.74. The van der Waals surface area contributed by atoms with Crippen molar-refractivity contribution in [1.29, 1.82) is 0 Å². The molecule has 0 bridgehead atoms. The molecule has 0 radical (unpaired) electrons. The SMILES string of the molecule is CCCCn1c(-c2c(CC)cccc2CC)nc(Cl)c1CN(C)[C@H]1CCCc2ccccc21. The second-order valence-corrected chi connectivity index (χ2v) is 9.72. The summed E-state index contributed by atoms with van der Waals surface area (Å²) < 4.78 is 2.42. The minimum absolute atomic E-state index is 0.429. The van der Waals surface area contributed by atoms with Crippen molar-refractivity contribution in [2.24, 2.45) is 0 Å². The Morgan fingerprint density at radius 2 is 1.76 bits per heavy atom. The molecule has 1 atom stereocenters. The number of aryl methyl sites for hydroxylation is 3. The van der Waals surface area contributed by atoms with Crippen molar-refractivity contribution >= 4 is 11.6 Å². The lowest BCUT2D eigenvalue weighted by molar-refractivity contribution is 0.208. The second-order valence-electron chi connectivity index (χ2n) is 9.36. The minimum atomic E-state index is 0.429. The van der Waals surface area contributed by atoms with Crippen molar-refractivity contribution in [3.8, 4) is 11.4 Å². The Bertz CT molecular complexity index is 1060. The Morgan fingerprint density at radius 1 is 1.03 bits per heavy atom. The molecule has 0 N–H and O–H groups in total. The van der Waals surface area contributed by atoms with Gasteiger partial charge in [-0.1, -0.05) is 81.3 Å². The molecule has 3 aromatic rings. The molecule has 0 aliphatic heterocycles. The maximum atomic E-state index is 6.89. The average molecular weight is 464 g/mol. The van der Waals surface area contributed by atoms with Crippen LogP contribution in [0.25, 0.3) is 11.4 Å². The molecule has 0 saturated carbocycles. The molecule has 33 heavy (non-hydrogen) atoms. The first-order valence-corrected chi connectivity index (χ1v) is 13.1. The van der Waals surface area contributed by atoms with E-state index in [9.17, 15) is 0 Å². The Labute approximate surface area is 204 Å². The highest BCUT2D eigenvalue weighted by Gasteiger charge is 2.27. The van der Waals surface area contributed by atoms with Crippen LogP contribution in [0.4, 0.5) is 0 Å². The lowest BCUT2D eigenvalue weighted by Gasteiger charge is -2.33. The third kappa shape index (κ3) is 4.90. The number of halogens is 1. The molecule has 0 amide bonds. The van der Waals surface area contributed by atoms with Crippen LogP contribution in [0.2, 0.25) is 5.15 Å². The van der Waals surface area contributed by atoms with Crippen LogP contribution in [0.15, 0.2) is 42.5 Å². The van der Waals surface area contributed by atoms with E-state index < -0.39 is 0 Å². The third-order valence-corrected chi connectivity index (χ3v) is 7.55. The van der Waals surface area contributed by atoms with Gasteiger partial charge in [0.15, 0.2) is 5.15 Å². The zero-order valence-electron chi connectivity index (χ0n) is 20.7. The van der Waals surface area contributed by atoms with Gasteiger partial charge in [-0.15, -0.1) is 0 Å². The Morgan fingerprint density at radius 3 is 2.45 bits per heavy atom. The van der Waals surface area contributed by atoms with Crippen LogP contribution in [0.1, 0.15) is 80.4 Å². The van der Waals surface area contributed by atoms with E-state index in [2.05, 4.69) is 79.8 Å². The maximum Gasteiger partial charge on any atom is 0.152 e. The van der Waals surface area contributed by atoms with E-state index in [-0.39, 0.29) is 0 Å². The minimum Gasteiger partial charge on any atom is -0.325 e. The molecule has 1 aliphatic carbocycles. The van der Waals surface area contributed by atoms with Gasteiger partial charge >= 0.3 is 0 Å². The number of aromatic nitrogens is 2. The first-order valence-electron chi connectivity index (χ1n) is 12.7. The first kappa shape index (κ1) is 24.0. The molecule has 176 valence electrons. The van der Waals surface area contributed by atoms with Gasteiger partial charge in [0.25, 0.3) is 0 Å². The molecular formula is C29H38ClN3. The van der Waals surface area contributed by atoms with Crippen molar-refractivity contribution in [2.45, 2.75) is 84.8 Å². The van der Waals surface area contributed by atoms with Crippen molar-refractivity contribution in [2.75, 3.05) is 7.05 Å². The van der Waals surface area contributed by atoms with Gasteiger partial charge in [0, 0.05) is 24.7 Å². The smallest absolute Gasteiger partial charge is 0.152 e. The second kappa shape index (κ2) is 10.9. The highest BCUT2D eigenvalue weighted by atomic mass is 35.5. The lowest BCUT2D eigenvalue weighted by Crippen LogP contribution is -2.28. The molecule has 1 heterocycles. The number of fused-ring (bicyclic) bond motifs is 1. The fraction of sp³-hybridized carbons (Fsp3) is 0.483. The van der Waals surface area contributed by atoms with E-state index >= 15 is 0 Å². The monoisotopic (exact) mass is 463 g/mol. The summed E-state index contributed by atoms with van der Waals surface area (Å²) >= 11 is 6.89. The zero-order valence-corrected chi connectivity index (χ0v) is 21.5. The van der Waals surface area contributed by atoms with Gasteiger partial charge in [-0.3, -0.25) is 4.90 Å². The first-order chi connectivity index (χ1) is 16.1. The fourth-order valence-corrected chi connectivity index (χ4v) is 5.66. The van der Waals surface area contributed by atoms with Crippen molar-refractivity contribution in [1.82, 2.24) is 14.5 Å². The van der Waals surface area contributed by atoms with Gasteiger partial charge in [-0.2, -0.15) is 0 Å². The van der Waals surface area contributed by atoms with Gasteiger partial charge < -0.3 is 4.57 Å². The average Bonchev–Trinajstić information content (AvgIpc) is 3.15. The highest BCUT2D eigenvalue weighted by Crippen LogP contribution is 2.37. The van der Waals surface area contributed by atoms with Crippen molar-refractivity contribution in [3.05, 3.63) is 75.6 Å². The number of rotatable bonds is 9. The van der Waals surface area contributed by atoms with Crippen LogP contribution in [-0.2, 0) is 32.4 Å². The molecule has 0 spiro atoms. The number of imidazole rings is 1. The normalized spacial score (nSPS) is 15.8. The number of hydrogen-bond acceptors (Lipinski definition) is 2. The highest BCUT2D eigenvalue weighted by molar-refractivity contribution is 6.30. The van der Waals surface area contributed by atoms with Gasteiger partial charge in [-0.05, 0) is 67.8 Å². The standard InChI is InChI=1S/C29H38ClN3/c1-5-8-19-33-26(20-32(4)25-18-12-16-23-13-9-10-17-24(23)25)28(30)31-29(33)27-21(6-2)14-11-15-22(27)7-3/h9-11,13-15,17,25H,5-8,12,16,18-20H2,1-4H3/t25-/m0/s1. The summed E-state index contributed by atoms with van der Waals surface area (Å²) in [5.74, 6) is 1.05. The van der Waals surface area contributed by atoms with Gasteiger partial charge in [0.1, 0.15) is 5.82 Å². The molecule has 1 aliphatic rings. The molecule has 0 saturated heterocycles. The predicted octanol–water partition coefficient (Wildman–Crippen LogP) is 7.64. The maximum absolute atomic E-state index is 6.89. The number of nitrogens with zero attached hydrogens (tertiary/aromatic N) is 3. The zero-order chi connectivity index (χ0) is 23.4. The van der Waals surface area contributed by atoms with Gasteiger partial charge in [0.05, 0.1) is 5.69 Å². The lowest BCUT2D eigenvalue weighted by atomic mass is 9.87. The van der Waals surface area contributed by atoms with E-state index in [1.165, 1.54) is 47.1 Å². The summed E-state index contributed by atoms with van der Waals surface area (Å²) in [6.45, 7) is 8.48. The van der Waals surface area contributed by atoms with Crippen LogP contribution < -0.4 is 0 Å². The summed E-state index contributed by atoms with van der Waals surface area (Å²) in [7, 11) is 2.25. The van der Waals surface area contributed by atoms with E-state index in [1.54, 1.807) is 0 Å². The van der Waals surface area contributed by atoms with Crippen LogP contribution >= 0.6 is 11.6 Å². The fourth-order valence-electron chi connectivity index (χ4n) is 5.42. The van der Waals surface area contributed by atoms with Crippen LogP contribution in [0.3, 0.4) is 0 Å². The molecule has 3 nitrogen and oxygen atoms in total. The summed E-state index contributed by atoms with van der Waals surface area (Å²) in [5.41, 5.74) is 8.13. The van der Waals surface area contributed by atoms with Gasteiger partial charge in [0.2, 0.25) is 0 Å². The molecule has 0 unspecified atom stereocenters. The molecule has 0 fully saturated rings. The Kier molecular flexibility index (Phi) is 7.93. The predicted molar refractivity (Wildman–Crippen MR) is 140 cm³/mol. The van der Waals surface area contributed by atoms with Crippen LogP contribution in [0.5, 0.6) is 0 Å². The summed E-state index contributed by atoms with van der Waals surface area (Å²) in [6, 6.07) is 16.0.